The zero-order chi connectivity index (χ0) is 6.97. The quantitative estimate of drug-likeness (QED) is 0.430. The molecule has 2 heterocycles. The molecule has 2 atom stereocenters. The summed E-state index contributed by atoms with van der Waals surface area (Å²) in [5.41, 5.74) is 0. The van der Waals surface area contributed by atoms with Gasteiger partial charge in [0.25, 0.3) is 0 Å². The van der Waals surface area contributed by atoms with Gasteiger partial charge >= 0.3 is 0 Å². The van der Waals surface area contributed by atoms with Crippen LogP contribution in [0.15, 0.2) is 0 Å². The number of nitrogens with one attached hydrogen (secondary N) is 2. The highest BCUT2D eigenvalue weighted by atomic mass is 16.3. The molecule has 10 heavy (non-hydrogen) atoms. The Morgan fingerprint density at radius 1 is 1.00 bits per heavy atom. The second-order valence-corrected chi connectivity index (χ2v) is 3.31. The average Bonchev–Trinajstić information content (AvgIpc) is 2.12. The third-order valence-electron chi connectivity index (χ3n) is 2.65. The molecule has 2 aliphatic rings. The molecular weight excluding hydrogens is 128 g/mol. The van der Waals surface area contributed by atoms with Crippen LogP contribution in [-0.4, -0.2) is 37.4 Å². The van der Waals surface area contributed by atoms with Gasteiger partial charge in [0.1, 0.15) is 0 Å². The SMILES string of the molecule is O[C@@H]1CNC[C@H]1C1CNC1. The minimum atomic E-state index is -0.0906. The standard InChI is InChI=1S/C7H14N2O/c10-7-4-9-3-6(7)5-1-8-2-5/h5-10H,1-4H2/t6-,7+/m0/s1. The molecule has 3 nitrogen and oxygen atoms in total. The normalized spacial score (nSPS) is 41.7. The van der Waals surface area contributed by atoms with Crippen molar-refractivity contribution >= 4 is 0 Å². The first kappa shape index (κ1) is 6.58. The van der Waals surface area contributed by atoms with Crippen molar-refractivity contribution in [2.45, 2.75) is 6.10 Å². The van der Waals surface area contributed by atoms with Gasteiger partial charge in [0, 0.05) is 19.0 Å². The van der Waals surface area contributed by atoms with Gasteiger partial charge in [-0.3, -0.25) is 0 Å². The number of aliphatic hydroxyl groups excluding tert-OH is 1. The molecule has 2 aliphatic heterocycles. The molecule has 0 amide bonds. The molecule has 0 aromatic rings. The van der Waals surface area contributed by atoms with Crippen molar-refractivity contribution in [3.8, 4) is 0 Å². The second kappa shape index (κ2) is 2.49. The van der Waals surface area contributed by atoms with Crippen LogP contribution in [0.25, 0.3) is 0 Å². The van der Waals surface area contributed by atoms with Crippen LogP contribution in [0.2, 0.25) is 0 Å². The summed E-state index contributed by atoms with van der Waals surface area (Å²) in [5.74, 6) is 1.24. The van der Waals surface area contributed by atoms with Gasteiger partial charge in [0.15, 0.2) is 0 Å². The van der Waals surface area contributed by atoms with Crippen molar-refractivity contribution in [3.05, 3.63) is 0 Å². The first-order chi connectivity index (χ1) is 4.88. The van der Waals surface area contributed by atoms with Crippen molar-refractivity contribution in [2.75, 3.05) is 26.2 Å². The smallest absolute Gasteiger partial charge is 0.0708 e. The van der Waals surface area contributed by atoms with E-state index in [-0.39, 0.29) is 6.10 Å². The van der Waals surface area contributed by atoms with Gasteiger partial charge in [0.2, 0.25) is 0 Å². The van der Waals surface area contributed by atoms with Gasteiger partial charge in [-0.05, 0) is 19.0 Å². The second-order valence-electron chi connectivity index (χ2n) is 3.31. The Balaban J connectivity index is 1.90. The number of hydrogen-bond acceptors (Lipinski definition) is 3. The van der Waals surface area contributed by atoms with Crippen LogP contribution in [0.4, 0.5) is 0 Å². The Morgan fingerprint density at radius 2 is 1.70 bits per heavy atom. The molecule has 0 aliphatic carbocycles. The van der Waals surface area contributed by atoms with Gasteiger partial charge in [0.05, 0.1) is 6.10 Å². The van der Waals surface area contributed by atoms with Gasteiger partial charge in [-0.25, -0.2) is 0 Å². The van der Waals surface area contributed by atoms with Crippen molar-refractivity contribution in [1.29, 1.82) is 0 Å². The Labute approximate surface area is 60.8 Å². The molecule has 3 N–H and O–H groups in total. The van der Waals surface area contributed by atoms with Crippen LogP contribution in [0, 0.1) is 11.8 Å². The molecule has 0 aromatic heterocycles. The maximum atomic E-state index is 9.43. The van der Waals surface area contributed by atoms with Crippen molar-refractivity contribution in [2.24, 2.45) is 11.8 Å². The Morgan fingerprint density at radius 3 is 2.10 bits per heavy atom. The fourth-order valence-electron chi connectivity index (χ4n) is 1.78. The molecule has 0 unspecified atom stereocenters. The van der Waals surface area contributed by atoms with E-state index in [1.54, 1.807) is 0 Å². The van der Waals surface area contributed by atoms with E-state index < -0.39 is 0 Å². The molecule has 58 valence electrons. The summed E-state index contributed by atoms with van der Waals surface area (Å²) < 4.78 is 0. The molecule has 0 radical (unpaired) electrons. The lowest BCUT2D eigenvalue weighted by Crippen LogP contribution is -2.49. The highest BCUT2D eigenvalue weighted by molar-refractivity contribution is 4.91. The van der Waals surface area contributed by atoms with Crippen molar-refractivity contribution < 1.29 is 5.11 Å². The zero-order valence-corrected chi connectivity index (χ0v) is 6.01. The lowest BCUT2D eigenvalue weighted by atomic mass is 9.85. The van der Waals surface area contributed by atoms with E-state index in [9.17, 15) is 5.11 Å². The van der Waals surface area contributed by atoms with Crippen LogP contribution in [-0.2, 0) is 0 Å². The van der Waals surface area contributed by atoms with E-state index >= 15 is 0 Å². The van der Waals surface area contributed by atoms with Crippen LogP contribution in [0.5, 0.6) is 0 Å². The minimum absolute atomic E-state index is 0.0906. The topological polar surface area (TPSA) is 44.3 Å². The summed E-state index contributed by atoms with van der Waals surface area (Å²) in [4.78, 5) is 0. The van der Waals surface area contributed by atoms with Crippen LogP contribution in [0.1, 0.15) is 0 Å². The summed E-state index contributed by atoms with van der Waals surface area (Å²) >= 11 is 0. The fourth-order valence-corrected chi connectivity index (χ4v) is 1.78. The molecule has 2 rings (SSSR count). The first-order valence-electron chi connectivity index (χ1n) is 3.97. The van der Waals surface area contributed by atoms with E-state index in [1.165, 1.54) is 0 Å². The Kier molecular flexibility index (Phi) is 1.64. The maximum Gasteiger partial charge on any atom is 0.0708 e. The molecule has 3 heteroatoms. The predicted octanol–water partition coefficient (Wildman–Crippen LogP) is -1.21. The summed E-state index contributed by atoms with van der Waals surface area (Å²) in [7, 11) is 0. The fraction of sp³-hybridized carbons (Fsp3) is 1.00. The summed E-state index contributed by atoms with van der Waals surface area (Å²) in [6.07, 6.45) is -0.0906. The maximum absolute atomic E-state index is 9.43. The van der Waals surface area contributed by atoms with E-state index in [1.807, 2.05) is 0 Å². The molecule has 0 saturated carbocycles. The first-order valence-corrected chi connectivity index (χ1v) is 3.97. The number of β-amino-alcohol motifs (C(OH)–C–C–N with tert-alkyl or cyclic N) is 1. The molecule has 0 aromatic carbocycles. The van der Waals surface area contributed by atoms with Crippen molar-refractivity contribution in [1.82, 2.24) is 10.6 Å². The zero-order valence-electron chi connectivity index (χ0n) is 6.01. The molecule has 0 spiro atoms. The van der Waals surface area contributed by atoms with Crippen LogP contribution < -0.4 is 10.6 Å². The van der Waals surface area contributed by atoms with Crippen LogP contribution in [0.3, 0.4) is 0 Å². The lowest BCUT2D eigenvalue weighted by molar-refractivity contribution is 0.0914. The summed E-state index contributed by atoms with van der Waals surface area (Å²) in [6, 6.07) is 0. The van der Waals surface area contributed by atoms with E-state index in [2.05, 4.69) is 10.6 Å². The van der Waals surface area contributed by atoms with Gasteiger partial charge in [-0.2, -0.15) is 0 Å². The molecule has 0 bridgehead atoms. The average molecular weight is 142 g/mol. The van der Waals surface area contributed by atoms with E-state index in [0.717, 1.165) is 32.1 Å². The predicted molar refractivity (Wildman–Crippen MR) is 38.7 cm³/mol. The number of rotatable bonds is 1. The molecule has 2 fully saturated rings. The largest absolute Gasteiger partial charge is 0.391 e. The van der Waals surface area contributed by atoms with Gasteiger partial charge < -0.3 is 15.7 Å². The van der Waals surface area contributed by atoms with Gasteiger partial charge in [-0.1, -0.05) is 0 Å². The van der Waals surface area contributed by atoms with E-state index in [4.69, 9.17) is 0 Å². The Bertz CT molecular complexity index is 125. The van der Waals surface area contributed by atoms with Gasteiger partial charge in [-0.15, -0.1) is 0 Å². The highest BCUT2D eigenvalue weighted by Crippen LogP contribution is 2.22. The Hall–Kier alpha value is -0.120. The monoisotopic (exact) mass is 142 g/mol. The third-order valence-corrected chi connectivity index (χ3v) is 2.65. The molecule has 2 saturated heterocycles. The number of hydrogen-bond donors (Lipinski definition) is 3. The highest BCUT2D eigenvalue weighted by Gasteiger charge is 2.35. The third kappa shape index (κ3) is 0.944. The summed E-state index contributed by atoms with van der Waals surface area (Å²) in [5, 5.41) is 15.8. The number of aliphatic hydroxyl groups is 1. The minimum Gasteiger partial charge on any atom is -0.391 e. The lowest BCUT2D eigenvalue weighted by Gasteiger charge is -2.33. The summed E-state index contributed by atoms with van der Waals surface area (Å²) in [6.45, 7) is 4.00. The van der Waals surface area contributed by atoms with Crippen LogP contribution >= 0.6 is 0 Å². The van der Waals surface area contributed by atoms with Crippen molar-refractivity contribution in [3.63, 3.8) is 0 Å². The van der Waals surface area contributed by atoms with E-state index in [0.29, 0.717) is 5.92 Å². The molecular formula is C7H14N2O.